The van der Waals surface area contributed by atoms with Gasteiger partial charge in [-0.3, -0.25) is 47.9 Å². The first kappa shape index (κ1) is 55.3. The maximum atomic E-state index is 13.4. The molecular formula is C36H64N10O12S2. The molecular weight excluding hydrogens is 829 g/mol. The highest BCUT2D eigenvalue weighted by molar-refractivity contribution is 7.80. The van der Waals surface area contributed by atoms with Crippen LogP contribution >= 0.6 is 25.3 Å². The zero-order valence-electron chi connectivity index (χ0n) is 34.9. The van der Waals surface area contributed by atoms with Gasteiger partial charge in [0.05, 0.1) is 12.6 Å². The van der Waals surface area contributed by atoms with Gasteiger partial charge in [-0.1, -0.05) is 34.1 Å². The summed E-state index contributed by atoms with van der Waals surface area (Å²) in [5.74, 6) is -9.93. The third-order valence-corrected chi connectivity index (χ3v) is 9.85. The Bertz CT molecular complexity index is 1510. The lowest BCUT2D eigenvalue weighted by Crippen LogP contribution is -2.61. The molecule has 0 spiro atoms. The standard InChI is InChI=1S/C36H64N10O12S2/c1-7-18(4)28(36(58)44-23(15-59)32(54)41-21(30(38)52)11-12-26(50)51)45-25(49)14-39-34(56)29(19(5)47)46-33(55)24(16-60)43-31(53)22(10-8-9-13-37)42-35(57)27(17(2)3)40-20(6)48/h17-19,21-24,27-29,47,59-60H,7-16,37H2,1-6H3,(H2,38,52)(H,39,56)(H,40,48)(H,41,54)(H,42,57)(H,43,53)(H,44,58)(H,45,49)(H,46,55)(H,50,51)/t18-,19+,21-,22-,23-,24-,27-,28-,29-/m0/s1. The van der Waals surface area contributed by atoms with E-state index in [1.54, 1.807) is 27.7 Å². The van der Waals surface area contributed by atoms with Crippen LogP contribution in [-0.4, -0.2) is 142 Å². The number of nitrogens with two attached hydrogens (primary N) is 2. The monoisotopic (exact) mass is 892 g/mol. The van der Waals surface area contributed by atoms with Crippen molar-refractivity contribution >= 4 is 84.4 Å². The van der Waals surface area contributed by atoms with Crippen LogP contribution in [0.3, 0.4) is 0 Å². The number of primary amides is 1. The number of carboxylic acids is 1. The fourth-order valence-electron chi connectivity index (χ4n) is 5.39. The molecule has 9 amide bonds. The summed E-state index contributed by atoms with van der Waals surface area (Å²) >= 11 is 8.24. The molecule has 0 heterocycles. The summed E-state index contributed by atoms with van der Waals surface area (Å²) in [6, 6.07) is -9.02. The molecule has 0 aliphatic rings. The first-order valence-corrected chi connectivity index (χ1v) is 20.8. The molecule has 0 aromatic heterocycles. The summed E-state index contributed by atoms with van der Waals surface area (Å²) in [5.41, 5.74) is 10.9. The summed E-state index contributed by atoms with van der Waals surface area (Å²) in [4.78, 5) is 127. The molecule has 0 unspecified atom stereocenters. The van der Waals surface area contributed by atoms with Crippen molar-refractivity contribution in [3.8, 4) is 0 Å². The predicted octanol–water partition coefficient (Wildman–Crippen LogP) is -4.06. The molecule has 0 fully saturated rings. The SMILES string of the molecule is CC[C@H](C)[C@H](NC(=O)CNC(=O)[C@@H](NC(=O)[C@H](CS)NC(=O)[C@H](CCCCN)NC(=O)[C@@H](NC(C)=O)C(C)C)[C@@H](C)O)C(=O)N[C@@H](CS)C(=O)N[C@@H](CCC(=O)O)C(N)=O. The van der Waals surface area contributed by atoms with Crippen molar-refractivity contribution in [2.45, 2.75) is 128 Å². The molecule has 22 nitrogen and oxygen atoms in total. The Morgan fingerprint density at radius 3 is 1.58 bits per heavy atom. The van der Waals surface area contributed by atoms with Gasteiger partial charge in [-0.05, 0) is 51.0 Å². The largest absolute Gasteiger partial charge is 0.481 e. The first-order valence-electron chi connectivity index (χ1n) is 19.5. The van der Waals surface area contributed by atoms with Crippen LogP contribution in [0.2, 0.25) is 0 Å². The molecule has 9 atom stereocenters. The molecule has 342 valence electrons. The summed E-state index contributed by atoms with van der Waals surface area (Å²) in [6.45, 7) is 8.81. The average Bonchev–Trinajstić information content (AvgIpc) is 3.17. The highest BCUT2D eigenvalue weighted by Gasteiger charge is 2.34. The summed E-state index contributed by atoms with van der Waals surface area (Å²) in [7, 11) is 0. The summed E-state index contributed by atoms with van der Waals surface area (Å²) < 4.78 is 0. The number of amides is 9. The van der Waals surface area contributed by atoms with E-state index in [-0.39, 0.29) is 30.3 Å². The molecule has 0 bridgehead atoms. The topological polar surface area (TPSA) is 359 Å². The minimum atomic E-state index is -1.64. The van der Waals surface area contributed by atoms with Crippen LogP contribution in [0.1, 0.15) is 80.1 Å². The van der Waals surface area contributed by atoms with E-state index in [1.165, 1.54) is 13.8 Å². The second kappa shape index (κ2) is 28.7. The smallest absolute Gasteiger partial charge is 0.303 e. The third-order valence-electron chi connectivity index (χ3n) is 9.12. The lowest BCUT2D eigenvalue weighted by atomic mass is 9.98. The van der Waals surface area contributed by atoms with Crippen molar-refractivity contribution in [1.82, 2.24) is 42.5 Å². The number of nitrogens with one attached hydrogen (secondary N) is 8. The Hall–Kier alpha value is -4.68. The molecule has 0 aromatic carbocycles. The first-order chi connectivity index (χ1) is 28.0. The average molecular weight is 893 g/mol. The second-order valence-corrected chi connectivity index (χ2v) is 15.3. The number of aliphatic carboxylic acids is 1. The Labute approximate surface area is 360 Å². The van der Waals surface area contributed by atoms with Crippen LogP contribution in [-0.2, 0) is 47.9 Å². The van der Waals surface area contributed by atoms with Crippen LogP contribution in [0.4, 0.5) is 0 Å². The number of carboxylic acid groups (broad SMARTS) is 1. The van der Waals surface area contributed by atoms with Crippen LogP contribution in [0.5, 0.6) is 0 Å². The minimum absolute atomic E-state index is 0.138. The van der Waals surface area contributed by atoms with Crippen molar-refractivity contribution in [3.05, 3.63) is 0 Å². The molecule has 0 aromatic rings. The maximum absolute atomic E-state index is 13.4. The summed E-state index contributed by atoms with van der Waals surface area (Å²) in [6.07, 6.45) is -0.811. The van der Waals surface area contributed by atoms with Gasteiger partial charge in [0.1, 0.15) is 42.3 Å². The number of aliphatic hydroxyl groups is 1. The van der Waals surface area contributed by atoms with Crippen LogP contribution < -0.4 is 54.0 Å². The van der Waals surface area contributed by atoms with Crippen molar-refractivity contribution in [2.24, 2.45) is 23.3 Å². The van der Waals surface area contributed by atoms with Crippen LogP contribution in [0.25, 0.3) is 0 Å². The number of hydrogen-bond donors (Lipinski definition) is 14. The second-order valence-electron chi connectivity index (χ2n) is 14.5. The van der Waals surface area contributed by atoms with Gasteiger partial charge in [0.2, 0.25) is 53.2 Å². The Morgan fingerprint density at radius 2 is 1.12 bits per heavy atom. The van der Waals surface area contributed by atoms with Gasteiger partial charge in [-0.15, -0.1) is 0 Å². The van der Waals surface area contributed by atoms with E-state index in [1.807, 2.05) is 0 Å². The van der Waals surface area contributed by atoms with Crippen molar-refractivity contribution in [2.75, 3.05) is 24.6 Å². The number of aliphatic hydroxyl groups excluding tert-OH is 1. The third kappa shape index (κ3) is 20.5. The fraction of sp³-hybridized carbons (Fsp3) is 0.722. The van der Waals surface area contributed by atoms with Gasteiger partial charge in [0.25, 0.3) is 0 Å². The zero-order chi connectivity index (χ0) is 46.3. The van der Waals surface area contributed by atoms with Gasteiger partial charge in [0, 0.05) is 24.9 Å². The molecule has 0 aliphatic carbocycles. The Morgan fingerprint density at radius 1 is 0.617 bits per heavy atom. The van der Waals surface area contributed by atoms with Gasteiger partial charge >= 0.3 is 5.97 Å². The van der Waals surface area contributed by atoms with Crippen molar-refractivity contribution in [1.29, 1.82) is 0 Å². The highest BCUT2D eigenvalue weighted by atomic mass is 32.1. The van der Waals surface area contributed by atoms with E-state index < -0.39 is 126 Å². The van der Waals surface area contributed by atoms with Gasteiger partial charge in [0.15, 0.2) is 0 Å². The summed E-state index contributed by atoms with van der Waals surface area (Å²) in [5, 5.41) is 38.8. The van der Waals surface area contributed by atoms with E-state index in [0.29, 0.717) is 25.8 Å². The van der Waals surface area contributed by atoms with E-state index in [2.05, 4.69) is 67.8 Å². The fourth-order valence-corrected chi connectivity index (χ4v) is 5.90. The van der Waals surface area contributed by atoms with E-state index in [0.717, 1.165) is 0 Å². The van der Waals surface area contributed by atoms with Crippen molar-refractivity contribution in [3.63, 3.8) is 0 Å². The quantitative estimate of drug-likeness (QED) is 0.0252. The molecule has 0 saturated heterocycles. The molecule has 60 heavy (non-hydrogen) atoms. The van der Waals surface area contributed by atoms with E-state index in [4.69, 9.17) is 16.6 Å². The molecule has 0 saturated carbocycles. The molecule has 0 aliphatic heterocycles. The predicted molar refractivity (Wildman–Crippen MR) is 225 cm³/mol. The number of rotatable bonds is 29. The van der Waals surface area contributed by atoms with Gasteiger partial charge in [-0.2, -0.15) is 25.3 Å². The highest BCUT2D eigenvalue weighted by Crippen LogP contribution is 2.10. The number of carbonyl (C=O) groups is 10. The van der Waals surface area contributed by atoms with E-state index >= 15 is 0 Å². The number of unbranched alkanes of at least 4 members (excludes halogenated alkanes) is 1. The van der Waals surface area contributed by atoms with E-state index in [9.17, 15) is 53.1 Å². The minimum Gasteiger partial charge on any atom is -0.481 e. The number of carbonyl (C=O) groups excluding carboxylic acids is 9. The molecule has 0 rings (SSSR count). The lowest BCUT2D eigenvalue weighted by molar-refractivity contribution is -0.138. The molecule has 24 heteroatoms. The number of thiol groups is 2. The number of hydrogen-bond acceptors (Lipinski definition) is 14. The Kier molecular flexibility index (Phi) is 26.5. The molecule has 14 N–H and O–H groups in total. The lowest BCUT2D eigenvalue weighted by Gasteiger charge is -2.28. The normalized spacial score (nSPS) is 15.5. The zero-order valence-corrected chi connectivity index (χ0v) is 36.7. The van der Waals surface area contributed by atoms with Gasteiger partial charge in [-0.25, -0.2) is 0 Å². The van der Waals surface area contributed by atoms with Crippen LogP contribution in [0, 0.1) is 11.8 Å². The van der Waals surface area contributed by atoms with Crippen molar-refractivity contribution < 1.29 is 58.2 Å². The van der Waals surface area contributed by atoms with Gasteiger partial charge < -0.3 is 64.2 Å². The Balaban J connectivity index is 5.77. The van der Waals surface area contributed by atoms with Crippen LogP contribution in [0.15, 0.2) is 0 Å². The molecule has 0 radical (unpaired) electrons. The maximum Gasteiger partial charge on any atom is 0.303 e.